The van der Waals surface area contributed by atoms with Crippen LogP contribution in [0.1, 0.15) is 0 Å². The van der Waals surface area contributed by atoms with Crippen molar-refractivity contribution < 1.29 is 5.11 Å². The van der Waals surface area contributed by atoms with E-state index in [-0.39, 0.29) is 16.7 Å². The summed E-state index contributed by atoms with van der Waals surface area (Å²) in [5.41, 5.74) is -0.903. The normalized spacial score (nSPS) is 11.2. The van der Waals surface area contributed by atoms with Gasteiger partial charge in [0, 0.05) is 10.4 Å². The summed E-state index contributed by atoms with van der Waals surface area (Å²) < 4.78 is 0. The zero-order valence-corrected chi connectivity index (χ0v) is 9.58. The number of hydrogen-bond acceptors (Lipinski definition) is 4. The molecule has 0 atom stereocenters. The Morgan fingerprint density at radius 3 is 2.67 bits per heavy atom. The van der Waals surface area contributed by atoms with E-state index in [4.69, 9.17) is 11.6 Å². The lowest BCUT2D eigenvalue weighted by Gasteiger charge is -2.04. The summed E-state index contributed by atoms with van der Waals surface area (Å²) in [6.45, 7) is 0. The Bertz CT molecular complexity index is 898. The molecule has 0 radical (unpaired) electrons. The van der Waals surface area contributed by atoms with Gasteiger partial charge in [-0.3, -0.25) is 19.8 Å². The number of fused-ring (bicyclic) bond motifs is 2. The Balaban J connectivity index is 2.70. The van der Waals surface area contributed by atoms with Crippen LogP contribution in [-0.2, 0) is 0 Å². The quantitative estimate of drug-likeness (QED) is 0.529. The number of aromatic amines is 2. The Hall–Kier alpha value is -2.34. The summed E-state index contributed by atoms with van der Waals surface area (Å²) in [5, 5.41) is 14.9. The zero-order chi connectivity index (χ0) is 12.9. The van der Waals surface area contributed by atoms with E-state index in [0.717, 1.165) is 0 Å². The number of aromatic nitrogens is 3. The minimum absolute atomic E-state index is 0.105. The number of nitrogens with one attached hydrogen (secondary N) is 2. The number of rotatable bonds is 0. The molecule has 2 aromatic heterocycles. The first kappa shape index (κ1) is 10.8. The van der Waals surface area contributed by atoms with Crippen molar-refractivity contribution in [3.05, 3.63) is 43.9 Å². The van der Waals surface area contributed by atoms with Gasteiger partial charge in [-0.15, -0.1) is 0 Å². The third kappa shape index (κ3) is 1.39. The van der Waals surface area contributed by atoms with Gasteiger partial charge in [0.05, 0.1) is 5.52 Å². The van der Waals surface area contributed by atoms with Gasteiger partial charge in [-0.25, -0.2) is 4.98 Å². The fraction of sp³-hybridized carbons (Fsp3) is 0. The van der Waals surface area contributed by atoms with Gasteiger partial charge < -0.3 is 5.11 Å². The van der Waals surface area contributed by atoms with Crippen LogP contribution in [0.2, 0.25) is 5.02 Å². The summed E-state index contributed by atoms with van der Waals surface area (Å²) in [4.78, 5) is 27.2. The predicted molar refractivity (Wildman–Crippen MR) is 67.2 cm³/mol. The molecule has 3 N–H and O–H groups in total. The Kier molecular flexibility index (Phi) is 2.14. The maximum atomic E-state index is 11.6. The molecule has 2 heterocycles. The van der Waals surface area contributed by atoms with E-state index in [2.05, 4.69) is 15.2 Å². The number of halogens is 1. The Morgan fingerprint density at radius 1 is 1.17 bits per heavy atom. The molecule has 0 spiro atoms. The first-order valence-corrected chi connectivity index (χ1v) is 5.38. The highest BCUT2D eigenvalue weighted by atomic mass is 35.5. The third-order valence-corrected chi connectivity index (χ3v) is 2.89. The zero-order valence-electron chi connectivity index (χ0n) is 8.82. The van der Waals surface area contributed by atoms with E-state index in [0.29, 0.717) is 15.9 Å². The van der Waals surface area contributed by atoms with Crippen LogP contribution in [0.25, 0.3) is 21.8 Å². The second-order valence-corrected chi connectivity index (χ2v) is 4.19. The van der Waals surface area contributed by atoms with Gasteiger partial charge in [0.25, 0.3) is 11.1 Å². The average Bonchev–Trinajstić information content (AvgIpc) is 2.35. The molecular weight excluding hydrogens is 258 g/mol. The summed E-state index contributed by atoms with van der Waals surface area (Å²) in [6.07, 6.45) is 0. The molecule has 90 valence electrons. The molecule has 0 bridgehead atoms. The number of H-pyrrole nitrogens is 2. The SMILES string of the molecule is O=c1[nH][nH]c(=O)c2c(O)c3cc(Cl)ccc3nc12. The van der Waals surface area contributed by atoms with Gasteiger partial charge in [-0.2, -0.15) is 0 Å². The van der Waals surface area contributed by atoms with Crippen LogP contribution < -0.4 is 11.1 Å². The van der Waals surface area contributed by atoms with Crippen molar-refractivity contribution in [3.8, 4) is 5.75 Å². The lowest BCUT2D eigenvalue weighted by Crippen LogP contribution is -2.20. The van der Waals surface area contributed by atoms with Crippen molar-refractivity contribution in [1.82, 2.24) is 15.2 Å². The van der Waals surface area contributed by atoms with Crippen molar-refractivity contribution in [1.29, 1.82) is 0 Å². The number of hydrogen-bond donors (Lipinski definition) is 3. The second kappa shape index (κ2) is 3.58. The molecule has 0 aliphatic heterocycles. The molecule has 1 aromatic carbocycles. The van der Waals surface area contributed by atoms with Crippen molar-refractivity contribution in [2.45, 2.75) is 0 Å². The molecule has 0 unspecified atom stereocenters. The standard InChI is InChI=1S/C11H6ClN3O3/c12-4-1-2-6-5(3-4)9(16)7-8(13-6)11(18)15-14-10(7)17/h1-3H,(H,13,16)(H,14,17)(H,15,18). The smallest absolute Gasteiger partial charge is 0.289 e. The highest BCUT2D eigenvalue weighted by molar-refractivity contribution is 6.31. The minimum atomic E-state index is -0.614. The molecule has 0 fully saturated rings. The molecule has 3 rings (SSSR count). The van der Waals surface area contributed by atoms with Gasteiger partial charge in [-0.1, -0.05) is 11.6 Å². The molecule has 7 heteroatoms. The van der Waals surface area contributed by atoms with Gasteiger partial charge in [-0.05, 0) is 18.2 Å². The first-order chi connectivity index (χ1) is 8.58. The highest BCUT2D eigenvalue weighted by Crippen LogP contribution is 2.29. The number of benzene rings is 1. The number of nitrogens with zero attached hydrogens (tertiary/aromatic N) is 1. The molecule has 0 aliphatic rings. The van der Waals surface area contributed by atoms with Crippen LogP contribution in [0.5, 0.6) is 5.75 Å². The molecule has 0 amide bonds. The van der Waals surface area contributed by atoms with E-state index in [1.54, 1.807) is 12.1 Å². The number of pyridine rings is 1. The maximum absolute atomic E-state index is 11.6. The summed E-state index contributed by atoms with van der Waals surface area (Å²) in [7, 11) is 0. The molecule has 0 saturated heterocycles. The topological polar surface area (TPSA) is 98.8 Å². The molecule has 6 nitrogen and oxygen atoms in total. The molecule has 3 aromatic rings. The van der Waals surface area contributed by atoms with Gasteiger partial charge in [0.2, 0.25) is 0 Å². The highest BCUT2D eigenvalue weighted by Gasteiger charge is 2.14. The molecular formula is C11H6ClN3O3. The largest absolute Gasteiger partial charge is 0.506 e. The fourth-order valence-corrected chi connectivity index (χ4v) is 2.01. The second-order valence-electron chi connectivity index (χ2n) is 3.75. The Labute approximate surface area is 104 Å². The van der Waals surface area contributed by atoms with E-state index >= 15 is 0 Å². The van der Waals surface area contributed by atoms with Crippen LogP contribution in [0, 0.1) is 0 Å². The first-order valence-electron chi connectivity index (χ1n) is 5.01. The number of aromatic hydroxyl groups is 1. The fourth-order valence-electron chi connectivity index (χ4n) is 1.83. The van der Waals surface area contributed by atoms with E-state index in [9.17, 15) is 14.7 Å². The Morgan fingerprint density at radius 2 is 1.89 bits per heavy atom. The summed E-state index contributed by atoms with van der Waals surface area (Å²) >= 11 is 5.82. The van der Waals surface area contributed by atoms with Crippen molar-refractivity contribution >= 4 is 33.4 Å². The third-order valence-electron chi connectivity index (χ3n) is 2.65. The maximum Gasteiger partial charge on any atom is 0.289 e. The summed E-state index contributed by atoms with van der Waals surface area (Å²) in [5.74, 6) is -0.301. The van der Waals surface area contributed by atoms with Crippen molar-refractivity contribution in [3.63, 3.8) is 0 Å². The van der Waals surface area contributed by atoms with E-state index < -0.39 is 11.1 Å². The lowest BCUT2D eigenvalue weighted by molar-refractivity contribution is 0.487. The lowest BCUT2D eigenvalue weighted by atomic mass is 10.1. The minimum Gasteiger partial charge on any atom is -0.506 e. The average molecular weight is 264 g/mol. The van der Waals surface area contributed by atoms with Gasteiger partial charge in [0.15, 0.2) is 0 Å². The summed E-state index contributed by atoms with van der Waals surface area (Å²) in [6, 6.07) is 4.64. The van der Waals surface area contributed by atoms with Crippen molar-refractivity contribution in [2.24, 2.45) is 0 Å². The molecule has 0 saturated carbocycles. The van der Waals surface area contributed by atoms with Crippen LogP contribution in [0.4, 0.5) is 0 Å². The predicted octanol–water partition coefficient (Wildman–Crippen LogP) is 1.12. The van der Waals surface area contributed by atoms with Gasteiger partial charge >= 0.3 is 0 Å². The van der Waals surface area contributed by atoms with Crippen LogP contribution >= 0.6 is 11.6 Å². The van der Waals surface area contributed by atoms with E-state index in [1.165, 1.54) is 6.07 Å². The van der Waals surface area contributed by atoms with Crippen LogP contribution in [0.15, 0.2) is 27.8 Å². The molecule has 0 aliphatic carbocycles. The molecule has 18 heavy (non-hydrogen) atoms. The van der Waals surface area contributed by atoms with Crippen LogP contribution in [0.3, 0.4) is 0 Å². The van der Waals surface area contributed by atoms with Crippen LogP contribution in [-0.4, -0.2) is 20.3 Å². The van der Waals surface area contributed by atoms with Crippen molar-refractivity contribution in [2.75, 3.05) is 0 Å². The van der Waals surface area contributed by atoms with Gasteiger partial charge in [0.1, 0.15) is 16.7 Å². The monoisotopic (exact) mass is 263 g/mol. The van der Waals surface area contributed by atoms with E-state index in [1.807, 2.05) is 0 Å².